The van der Waals surface area contributed by atoms with Crippen molar-refractivity contribution in [2.45, 2.75) is 37.9 Å². The highest BCUT2D eigenvalue weighted by Crippen LogP contribution is 2.32. The number of para-hydroxylation sites is 1. The van der Waals surface area contributed by atoms with Gasteiger partial charge in [0.1, 0.15) is 18.4 Å². The summed E-state index contributed by atoms with van der Waals surface area (Å²) in [5.41, 5.74) is 1.96. The summed E-state index contributed by atoms with van der Waals surface area (Å²) >= 11 is 12.1. The number of likely N-dealkylation sites (N-methyl/N-ethyl adjacent to an activating group) is 1. The maximum atomic E-state index is 13.1. The van der Waals surface area contributed by atoms with E-state index in [4.69, 9.17) is 27.9 Å². The van der Waals surface area contributed by atoms with Crippen LogP contribution in [0.5, 0.6) is 5.75 Å². The summed E-state index contributed by atoms with van der Waals surface area (Å²) in [6, 6.07) is 12.2. The minimum absolute atomic E-state index is 0.0559. The van der Waals surface area contributed by atoms with Crippen LogP contribution < -0.4 is 10.1 Å². The lowest BCUT2D eigenvalue weighted by atomic mass is 10.0. The number of hydrogen-bond acceptors (Lipinski definition) is 3. The summed E-state index contributed by atoms with van der Waals surface area (Å²) in [4.78, 5) is 29.4. The Hall–Kier alpha value is -2.44. The molecule has 2 aromatic carbocycles. The maximum Gasteiger partial charge on any atom is 0.318 e. The number of fused-ring (bicyclic) bond motifs is 1. The number of likely N-dealkylation sites (tertiary alicyclic amines) is 1. The van der Waals surface area contributed by atoms with E-state index in [0.717, 1.165) is 17.5 Å². The van der Waals surface area contributed by atoms with Gasteiger partial charge in [0.25, 0.3) is 0 Å². The van der Waals surface area contributed by atoms with Crippen LogP contribution in [0.15, 0.2) is 42.5 Å². The van der Waals surface area contributed by atoms with Gasteiger partial charge in [-0.3, -0.25) is 4.79 Å². The number of nitrogens with zero attached hydrogens (tertiary/aromatic N) is 2. The molecule has 3 amide bonds. The molecule has 1 saturated heterocycles. The van der Waals surface area contributed by atoms with Gasteiger partial charge in [-0.1, -0.05) is 47.5 Å². The molecule has 4 rings (SSSR count). The quantitative estimate of drug-likeness (QED) is 0.744. The number of halogens is 2. The topological polar surface area (TPSA) is 61.9 Å². The molecule has 0 aromatic heterocycles. The van der Waals surface area contributed by atoms with Crippen LogP contribution in [0.2, 0.25) is 10.0 Å². The fourth-order valence-corrected chi connectivity index (χ4v) is 4.57. The number of carbonyl (C=O) groups is 2. The summed E-state index contributed by atoms with van der Waals surface area (Å²) < 4.78 is 5.77. The molecule has 0 aliphatic carbocycles. The zero-order valence-corrected chi connectivity index (χ0v) is 18.8. The predicted molar refractivity (Wildman–Crippen MR) is 121 cm³/mol. The first kappa shape index (κ1) is 21.8. The molecule has 2 aliphatic heterocycles. The van der Waals surface area contributed by atoms with Crippen LogP contribution in [-0.4, -0.2) is 54.0 Å². The third kappa shape index (κ3) is 4.91. The van der Waals surface area contributed by atoms with E-state index < -0.39 is 6.04 Å². The smallest absolute Gasteiger partial charge is 0.318 e. The monoisotopic (exact) mass is 461 g/mol. The number of urea groups is 1. The van der Waals surface area contributed by atoms with Gasteiger partial charge in [0, 0.05) is 25.2 Å². The highest BCUT2D eigenvalue weighted by molar-refractivity contribution is 6.32. The zero-order chi connectivity index (χ0) is 22.0. The second kappa shape index (κ2) is 9.37. The Balaban J connectivity index is 1.37. The molecule has 2 aromatic rings. The van der Waals surface area contributed by atoms with Crippen LogP contribution in [0.4, 0.5) is 4.79 Å². The number of ether oxygens (including phenoxy) is 1. The van der Waals surface area contributed by atoms with Gasteiger partial charge >= 0.3 is 6.03 Å². The minimum Gasteiger partial charge on any atom is -0.490 e. The Morgan fingerprint density at radius 2 is 1.97 bits per heavy atom. The second-order valence-electron chi connectivity index (χ2n) is 8.06. The molecule has 6 nitrogen and oxygen atoms in total. The first-order valence-corrected chi connectivity index (χ1v) is 11.1. The molecule has 1 N–H and O–H groups in total. The molecule has 31 heavy (non-hydrogen) atoms. The molecule has 1 fully saturated rings. The van der Waals surface area contributed by atoms with Crippen molar-refractivity contribution in [3.8, 4) is 5.75 Å². The number of amides is 3. The number of nitrogens with one attached hydrogen (secondary N) is 1. The van der Waals surface area contributed by atoms with E-state index in [-0.39, 0.29) is 18.0 Å². The molecule has 1 unspecified atom stereocenters. The van der Waals surface area contributed by atoms with Crippen LogP contribution in [0.1, 0.15) is 24.0 Å². The first-order chi connectivity index (χ1) is 14.9. The van der Waals surface area contributed by atoms with Crippen molar-refractivity contribution >= 4 is 35.1 Å². The SMILES string of the molecule is CN(Cc1ccc(Cl)cc1)C(=O)[C@H]1CCCN1C(=O)NC1COc2c(Cl)cccc2C1. The highest BCUT2D eigenvalue weighted by Gasteiger charge is 2.37. The number of carbonyl (C=O) groups excluding carboxylic acids is 2. The molecule has 0 spiro atoms. The van der Waals surface area contributed by atoms with Crippen molar-refractivity contribution < 1.29 is 14.3 Å². The van der Waals surface area contributed by atoms with Crippen LogP contribution in [0.3, 0.4) is 0 Å². The number of hydrogen-bond donors (Lipinski definition) is 1. The lowest BCUT2D eigenvalue weighted by Gasteiger charge is -2.31. The highest BCUT2D eigenvalue weighted by atomic mass is 35.5. The van der Waals surface area contributed by atoms with Crippen molar-refractivity contribution in [3.63, 3.8) is 0 Å². The lowest BCUT2D eigenvalue weighted by molar-refractivity contribution is -0.134. The summed E-state index contributed by atoms with van der Waals surface area (Å²) in [5.74, 6) is 0.632. The summed E-state index contributed by atoms with van der Waals surface area (Å²) in [5, 5.41) is 4.27. The largest absolute Gasteiger partial charge is 0.490 e. The van der Waals surface area contributed by atoms with E-state index in [1.807, 2.05) is 36.4 Å². The Kier molecular flexibility index (Phi) is 6.58. The van der Waals surface area contributed by atoms with Gasteiger partial charge in [-0.15, -0.1) is 0 Å². The van der Waals surface area contributed by atoms with Gasteiger partial charge in [0.2, 0.25) is 5.91 Å². The van der Waals surface area contributed by atoms with Crippen molar-refractivity contribution in [1.82, 2.24) is 15.1 Å². The summed E-state index contributed by atoms with van der Waals surface area (Å²) in [6.07, 6.45) is 2.11. The predicted octanol–water partition coefficient (Wildman–Crippen LogP) is 4.13. The van der Waals surface area contributed by atoms with Crippen LogP contribution in [0, 0.1) is 0 Å². The fourth-order valence-electron chi connectivity index (χ4n) is 4.20. The van der Waals surface area contributed by atoms with E-state index >= 15 is 0 Å². The third-order valence-electron chi connectivity index (χ3n) is 5.78. The molecule has 0 radical (unpaired) electrons. The Morgan fingerprint density at radius 1 is 1.19 bits per heavy atom. The van der Waals surface area contributed by atoms with Crippen molar-refractivity contribution in [3.05, 3.63) is 63.6 Å². The standard InChI is InChI=1S/C23H25Cl2N3O3/c1-27(13-15-7-9-17(24)10-8-15)22(29)20-6-3-11-28(20)23(30)26-18-12-16-4-2-5-19(25)21(16)31-14-18/h2,4-5,7-10,18,20H,3,6,11-14H2,1H3,(H,26,30)/t18?,20-/m1/s1. The Bertz CT molecular complexity index is 967. The van der Waals surface area contributed by atoms with Crippen molar-refractivity contribution in [2.75, 3.05) is 20.2 Å². The van der Waals surface area contributed by atoms with Gasteiger partial charge in [0.15, 0.2) is 0 Å². The average Bonchev–Trinajstić information content (AvgIpc) is 3.25. The van der Waals surface area contributed by atoms with Gasteiger partial charge in [0.05, 0.1) is 11.1 Å². The van der Waals surface area contributed by atoms with E-state index in [9.17, 15) is 9.59 Å². The van der Waals surface area contributed by atoms with Crippen LogP contribution >= 0.6 is 23.2 Å². The normalized spacial score (nSPS) is 20.0. The van der Waals surface area contributed by atoms with E-state index in [2.05, 4.69) is 5.32 Å². The van der Waals surface area contributed by atoms with Gasteiger partial charge in [-0.05, 0) is 48.6 Å². The first-order valence-electron chi connectivity index (χ1n) is 10.4. The van der Waals surface area contributed by atoms with Crippen molar-refractivity contribution in [1.29, 1.82) is 0 Å². The molecule has 2 heterocycles. The number of rotatable bonds is 4. The lowest BCUT2D eigenvalue weighted by Crippen LogP contribution is -2.53. The van der Waals surface area contributed by atoms with Gasteiger partial charge < -0.3 is 19.9 Å². The molecule has 8 heteroatoms. The average molecular weight is 462 g/mol. The van der Waals surface area contributed by atoms with Crippen LogP contribution in [-0.2, 0) is 17.8 Å². The molecule has 2 atom stereocenters. The Morgan fingerprint density at radius 3 is 2.74 bits per heavy atom. The van der Waals surface area contributed by atoms with E-state index in [1.54, 1.807) is 22.9 Å². The van der Waals surface area contributed by atoms with Crippen molar-refractivity contribution in [2.24, 2.45) is 0 Å². The van der Waals surface area contributed by atoms with Gasteiger partial charge in [-0.25, -0.2) is 4.79 Å². The summed E-state index contributed by atoms with van der Waals surface area (Å²) in [7, 11) is 1.76. The fraction of sp³-hybridized carbons (Fsp3) is 0.391. The molecule has 0 saturated carbocycles. The third-order valence-corrected chi connectivity index (χ3v) is 6.33. The van der Waals surface area contributed by atoms with Crippen LogP contribution in [0.25, 0.3) is 0 Å². The molecular formula is C23H25Cl2N3O3. The number of benzene rings is 2. The second-order valence-corrected chi connectivity index (χ2v) is 8.91. The molecule has 2 aliphatic rings. The molecule has 164 valence electrons. The molecule has 0 bridgehead atoms. The van der Waals surface area contributed by atoms with E-state index in [1.165, 1.54) is 0 Å². The maximum absolute atomic E-state index is 13.1. The van der Waals surface area contributed by atoms with E-state index in [0.29, 0.717) is 48.3 Å². The van der Waals surface area contributed by atoms with Gasteiger partial charge in [-0.2, -0.15) is 0 Å². The molecular weight excluding hydrogens is 437 g/mol. The zero-order valence-electron chi connectivity index (χ0n) is 17.3. The summed E-state index contributed by atoms with van der Waals surface area (Å²) in [6.45, 7) is 1.38. The minimum atomic E-state index is -0.455. The Labute approximate surface area is 192 Å².